The number of benzene rings is 2. The van der Waals surface area contributed by atoms with Gasteiger partial charge >= 0.3 is 18.1 Å². The van der Waals surface area contributed by atoms with E-state index in [2.05, 4.69) is 16.9 Å². The molecule has 48 heavy (non-hydrogen) atoms. The Labute approximate surface area is 281 Å². The first-order valence-corrected chi connectivity index (χ1v) is 17.3. The molecule has 10 heteroatoms. The number of ether oxygens (including phenoxy) is 2. The van der Waals surface area contributed by atoms with E-state index in [4.69, 9.17) is 9.47 Å². The fourth-order valence-electron chi connectivity index (χ4n) is 5.32. The van der Waals surface area contributed by atoms with Crippen LogP contribution in [0.4, 0.5) is 17.6 Å². The van der Waals surface area contributed by atoms with Gasteiger partial charge in [0.1, 0.15) is 0 Å². The van der Waals surface area contributed by atoms with Crippen LogP contribution in [0.2, 0.25) is 0 Å². The number of aromatic nitrogens is 2. The number of esters is 2. The van der Waals surface area contributed by atoms with Gasteiger partial charge in [-0.15, -0.1) is 0 Å². The third-order valence-corrected chi connectivity index (χ3v) is 8.21. The molecule has 1 unspecified atom stereocenters. The number of halogens is 4. The van der Waals surface area contributed by atoms with E-state index >= 15 is 0 Å². The summed E-state index contributed by atoms with van der Waals surface area (Å²) in [6.07, 6.45) is 11.8. The minimum absolute atomic E-state index is 0.135. The van der Waals surface area contributed by atoms with E-state index < -0.39 is 41.3 Å². The lowest BCUT2D eigenvalue weighted by molar-refractivity contribution is -0.206. The molecule has 0 spiro atoms. The summed E-state index contributed by atoms with van der Waals surface area (Å²) >= 11 is 0. The van der Waals surface area contributed by atoms with Crippen LogP contribution in [0.3, 0.4) is 0 Å². The van der Waals surface area contributed by atoms with Crippen LogP contribution in [0.5, 0.6) is 5.75 Å². The fourth-order valence-corrected chi connectivity index (χ4v) is 5.32. The zero-order valence-electron chi connectivity index (χ0n) is 28.1. The van der Waals surface area contributed by atoms with Gasteiger partial charge in [-0.2, -0.15) is 13.2 Å². The van der Waals surface area contributed by atoms with Crippen molar-refractivity contribution >= 4 is 11.9 Å². The van der Waals surface area contributed by atoms with Gasteiger partial charge in [-0.25, -0.2) is 23.9 Å². The maximum atomic E-state index is 14.8. The van der Waals surface area contributed by atoms with Gasteiger partial charge in [-0.1, -0.05) is 103 Å². The average molecular weight is 673 g/mol. The molecular weight excluding hydrogens is 624 g/mol. The van der Waals surface area contributed by atoms with Crippen molar-refractivity contribution in [2.45, 2.75) is 129 Å². The van der Waals surface area contributed by atoms with Crippen LogP contribution in [0.15, 0.2) is 54.9 Å². The molecule has 3 rings (SSSR count). The molecule has 3 aromatic rings. The largest absolute Gasteiger partial charge is 0.449 e. The standard InChI is InChI=1S/C38H48F4N2O4/c1-3-5-7-9-11-12-13-15-17-28-26-43-35(44-27-28)29-19-21-30(22-20-29)36(45)47-33-24-23-31(25-32(33)39)37(46)48-34(38(40,41)42)18-16-14-10-8-6-4-2/h19-27,34H,3-18H2,1-2H3. The highest BCUT2D eigenvalue weighted by atomic mass is 19.4. The van der Waals surface area contributed by atoms with Crippen LogP contribution >= 0.6 is 0 Å². The summed E-state index contributed by atoms with van der Waals surface area (Å²) < 4.78 is 65.1. The van der Waals surface area contributed by atoms with Gasteiger partial charge in [0.15, 0.2) is 23.5 Å². The molecule has 0 radical (unpaired) electrons. The molecule has 1 aromatic heterocycles. The van der Waals surface area contributed by atoms with Gasteiger partial charge in [-0.05, 0) is 61.6 Å². The van der Waals surface area contributed by atoms with Crippen molar-refractivity contribution in [3.05, 3.63) is 77.4 Å². The van der Waals surface area contributed by atoms with E-state index in [1.165, 1.54) is 57.1 Å². The molecule has 0 aliphatic rings. The van der Waals surface area contributed by atoms with Gasteiger partial charge in [0, 0.05) is 18.0 Å². The Morgan fingerprint density at radius 3 is 1.81 bits per heavy atom. The second kappa shape index (κ2) is 20.5. The van der Waals surface area contributed by atoms with Crippen molar-refractivity contribution in [3.8, 4) is 17.1 Å². The number of alkyl halides is 3. The highest BCUT2D eigenvalue weighted by Crippen LogP contribution is 2.29. The lowest BCUT2D eigenvalue weighted by Gasteiger charge is -2.20. The molecule has 1 atom stereocenters. The first kappa shape index (κ1) is 38.6. The quantitative estimate of drug-likeness (QED) is 0.0485. The molecule has 0 bridgehead atoms. The number of carbonyl (C=O) groups is 2. The number of hydrogen-bond donors (Lipinski definition) is 0. The lowest BCUT2D eigenvalue weighted by atomic mass is 10.1. The summed E-state index contributed by atoms with van der Waals surface area (Å²) in [4.78, 5) is 34.1. The van der Waals surface area contributed by atoms with Gasteiger partial charge in [0.05, 0.1) is 11.1 Å². The minimum Gasteiger partial charge on any atom is -0.449 e. The molecule has 0 aliphatic heterocycles. The van der Waals surface area contributed by atoms with Gasteiger partial charge < -0.3 is 9.47 Å². The van der Waals surface area contributed by atoms with E-state index in [9.17, 15) is 27.2 Å². The first-order chi connectivity index (χ1) is 23.1. The van der Waals surface area contributed by atoms with Crippen LogP contribution in [0, 0.1) is 5.82 Å². The Bertz CT molecular complexity index is 1400. The topological polar surface area (TPSA) is 78.4 Å². The van der Waals surface area contributed by atoms with Crippen LogP contribution in [-0.2, 0) is 11.2 Å². The fraction of sp³-hybridized carbons (Fsp3) is 0.526. The van der Waals surface area contributed by atoms with E-state index in [1.807, 2.05) is 19.3 Å². The number of nitrogens with zero attached hydrogens (tertiary/aromatic N) is 2. The number of unbranched alkanes of at least 4 members (excludes halogenated alkanes) is 12. The normalized spacial score (nSPS) is 12.1. The van der Waals surface area contributed by atoms with E-state index in [1.54, 1.807) is 12.1 Å². The summed E-state index contributed by atoms with van der Waals surface area (Å²) in [5.41, 5.74) is 1.47. The van der Waals surface area contributed by atoms with Crippen molar-refractivity contribution in [2.24, 2.45) is 0 Å². The molecule has 1 heterocycles. The van der Waals surface area contributed by atoms with E-state index in [0.717, 1.165) is 56.2 Å². The summed E-state index contributed by atoms with van der Waals surface area (Å²) in [6, 6.07) is 9.08. The Balaban J connectivity index is 1.49. The molecular formula is C38H48F4N2O4. The Kier molecular flexibility index (Phi) is 16.5. The molecule has 262 valence electrons. The second-order valence-electron chi connectivity index (χ2n) is 12.2. The highest BCUT2D eigenvalue weighted by molar-refractivity contribution is 5.92. The summed E-state index contributed by atoms with van der Waals surface area (Å²) in [7, 11) is 0. The van der Waals surface area contributed by atoms with E-state index in [-0.39, 0.29) is 18.4 Å². The third-order valence-electron chi connectivity index (χ3n) is 8.21. The second-order valence-corrected chi connectivity index (χ2v) is 12.2. The molecule has 0 fully saturated rings. The smallest absolute Gasteiger partial charge is 0.425 e. The van der Waals surface area contributed by atoms with Crippen LogP contribution in [0.1, 0.15) is 136 Å². The van der Waals surface area contributed by atoms with Crippen molar-refractivity contribution in [1.82, 2.24) is 9.97 Å². The molecule has 0 saturated carbocycles. The maximum absolute atomic E-state index is 14.8. The minimum atomic E-state index is -4.75. The Hall–Kier alpha value is -3.82. The SMILES string of the molecule is CCCCCCCCCCc1cnc(-c2ccc(C(=O)Oc3ccc(C(=O)OC(CCCCCCCC)C(F)(F)F)cc3F)cc2)nc1. The maximum Gasteiger partial charge on any atom is 0.425 e. The number of hydrogen-bond acceptors (Lipinski definition) is 6. The van der Waals surface area contributed by atoms with Crippen molar-refractivity contribution in [1.29, 1.82) is 0 Å². The predicted molar refractivity (Wildman–Crippen MR) is 178 cm³/mol. The number of rotatable bonds is 21. The van der Waals surface area contributed by atoms with Gasteiger partial charge in [0.25, 0.3) is 0 Å². The first-order valence-electron chi connectivity index (χ1n) is 17.3. The molecule has 0 saturated heterocycles. The number of aryl methyl sites for hydroxylation is 1. The zero-order valence-corrected chi connectivity index (χ0v) is 28.1. The summed E-state index contributed by atoms with van der Waals surface area (Å²) in [5, 5.41) is 0. The van der Waals surface area contributed by atoms with E-state index in [0.29, 0.717) is 23.9 Å². The van der Waals surface area contributed by atoms with Gasteiger partial charge in [-0.3, -0.25) is 0 Å². The average Bonchev–Trinajstić information content (AvgIpc) is 3.07. The van der Waals surface area contributed by atoms with Crippen LogP contribution < -0.4 is 4.74 Å². The summed E-state index contributed by atoms with van der Waals surface area (Å²) in [6.45, 7) is 4.27. The Morgan fingerprint density at radius 2 is 1.25 bits per heavy atom. The van der Waals surface area contributed by atoms with Gasteiger partial charge in [0.2, 0.25) is 0 Å². The van der Waals surface area contributed by atoms with Crippen LogP contribution in [-0.4, -0.2) is 34.2 Å². The number of carbonyl (C=O) groups excluding carboxylic acids is 2. The lowest BCUT2D eigenvalue weighted by Crippen LogP contribution is -2.34. The molecule has 0 aliphatic carbocycles. The molecule has 0 amide bonds. The Morgan fingerprint density at radius 1 is 0.708 bits per heavy atom. The highest BCUT2D eigenvalue weighted by Gasteiger charge is 2.42. The summed E-state index contributed by atoms with van der Waals surface area (Å²) in [5.74, 6) is -3.22. The monoisotopic (exact) mass is 672 g/mol. The molecule has 0 N–H and O–H groups in total. The molecule has 6 nitrogen and oxygen atoms in total. The third kappa shape index (κ3) is 13.4. The predicted octanol–water partition coefficient (Wildman–Crippen LogP) is 11.0. The van der Waals surface area contributed by atoms with Crippen molar-refractivity contribution in [3.63, 3.8) is 0 Å². The van der Waals surface area contributed by atoms with Crippen molar-refractivity contribution in [2.75, 3.05) is 0 Å². The van der Waals surface area contributed by atoms with Crippen molar-refractivity contribution < 1.29 is 36.6 Å². The van der Waals surface area contributed by atoms with Crippen LogP contribution in [0.25, 0.3) is 11.4 Å². The zero-order chi connectivity index (χ0) is 34.8. The molecule has 2 aromatic carbocycles.